The third-order valence-corrected chi connectivity index (χ3v) is 5.16. The highest BCUT2D eigenvalue weighted by Crippen LogP contribution is 2.23. The Balaban J connectivity index is 2.00. The number of carbonyl (C=O) groups is 2. The number of benzene rings is 1. The highest BCUT2D eigenvalue weighted by atomic mass is 32.1. The molecule has 6 heteroatoms. The maximum atomic E-state index is 12.1. The normalized spacial score (nSPS) is 11.8. The highest BCUT2D eigenvalue weighted by Gasteiger charge is 2.20. The van der Waals surface area contributed by atoms with E-state index in [-0.39, 0.29) is 30.9 Å². The van der Waals surface area contributed by atoms with Crippen molar-refractivity contribution in [1.29, 1.82) is 0 Å². The molecule has 1 aromatic heterocycles. The summed E-state index contributed by atoms with van der Waals surface area (Å²) in [6.07, 6.45) is 2.21. The zero-order chi connectivity index (χ0) is 18.9. The van der Waals surface area contributed by atoms with Crippen LogP contribution in [-0.2, 0) is 16.0 Å². The predicted octanol–water partition coefficient (Wildman–Crippen LogP) is 1.56. The first-order valence-electron chi connectivity index (χ1n) is 8.93. The lowest BCUT2D eigenvalue weighted by molar-refractivity contribution is -0.676. The molecule has 2 amide bonds. The summed E-state index contributed by atoms with van der Waals surface area (Å²) in [6.45, 7) is 2.49. The molecule has 1 heterocycles. The minimum Gasteiger partial charge on any atom is -0.347 e. The molecule has 0 spiro atoms. The van der Waals surface area contributed by atoms with E-state index in [2.05, 4.69) is 48.0 Å². The standard InChI is InChI=1S/C20H27N3O2S/c1-4-6-15-8-10-16(11-9-15)20(17-7-5-12-26-17)22-13-18(24)21-14-19(25)23(2)3/h5,7-12,20,22H,4,6,13-14H2,1-3H3,(H,21,24)/p+1/t20-/m1/s1. The maximum Gasteiger partial charge on any atom is 0.275 e. The molecule has 0 aliphatic heterocycles. The van der Waals surface area contributed by atoms with E-state index < -0.39 is 0 Å². The molecule has 1 atom stereocenters. The summed E-state index contributed by atoms with van der Waals surface area (Å²) in [4.78, 5) is 26.4. The molecule has 0 aliphatic rings. The third kappa shape index (κ3) is 5.97. The Morgan fingerprint density at radius 2 is 1.92 bits per heavy atom. The molecule has 26 heavy (non-hydrogen) atoms. The topological polar surface area (TPSA) is 66.0 Å². The number of hydrogen-bond donors (Lipinski definition) is 2. The fourth-order valence-electron chi connectivity index (χ4n) is 2.69. The van der Waals surface area contributed by atoms with E-state index in [1.165, 1.54) is 20.9 Å². The molecular formula is C20H28N3O2S+. The van der Waals surface area contributed by atoms with Crippen LogP contribution < -0.4 is 10.6 Å². The van der Waals surface area contributed by atoms with Gasteiger partial charge in [-0.3, -0.25) is 9.59 Å². The predicted molar refractivity (Wildman–Crippen MR) is 105 cm³/mol. The van der Waals surface area contributed by atoms with Gasteiger partial charge in [0.1, 0.15) is 6.04 Å². The molecule has 0 fully saturated rings. The monoisotopic (exact) mass is 374 g/mol. The second-order valence-corrected chi connectivity index (χ2v) is 7.47. The van der Waals surface area contributed by atoms with Crippen LogP contribution in [0, 0.1) is 0 Å². The van der Waals surface area contributed by atoms with Crippen LogP contribution in [0.25, 0.3) is 0 Å². The number of amides is 2. The Morgan fingerprint density at radius 3 is 2.50 bits per heavy atom. The van der Waals surface area contributed by atoms with Gasteiger partial charge in [-0.15, -0.1) is 11.3 Å². The zero-order valence-electron chi connectivity index (χ0n) is 15.7. The summed E-state index contributed by atoms with van der Waals surface area (Å²) < 4.78 is 0. The number of hydrogen-bond acceptors (Lipinski definition) is 3. The summed E-state index contributed by atoms with van der Waals surface area (Å²) >= 11 is 1.69. The van der Waals surface area contributed by atoms with E-state index in [9.17, 15) is 9.59 Å². The number of nitrogens with one attached hydrogen (secondary N) is 1. The highest BCUT2D eigenvalue weighted by molar-refractivity contribution is 7.10. The first-order chi connectivity index (χ1) is 12.5. The van der Waals surface area contributed by atoms with Gasteiger partial charge in [-0.05, 0) is 23.4 Å². The van der Waals surface area contributed by atoms with E-state index in [0.29, 0.717) is 0 Å². The number of aryl methyl sites for hydroxylation is 1. The van der Waals surface area contributed by atoms with Crippen molar-refractivity contribution in [3.63, 3.8) is 0 Å². The first kappa shape index (κ1) is 20.1. The average molecular weight is 375 g/mol. The molecule has 2 aromatic rings. The van der Waals surface area contributed by atoms with Crippen LogP contribution in [0.3, 0.4) is 0 Å². The van der Waals surface area contributed by atoms with E-state index in [0.717, 1.165) is 12.8 Å². The van der Waals surface area contributed by atoms with Crippen molar-refractivity contribution < 1.29 is 14.9 Å². The summed E-state index contributed by atoms with van der Waals surface area (Å²) in [6, 6.07) is 12.9. The van der Waals surface area contributed by atoms with Crippen molar-refractivity contribution in [1.82, 2.24) is 10.2 Å². The second-order valence-electron chi connectivity index (χ2n) is 6.49. The van der Waals surface area contributed by atoms with Gasteiger partial charge in [0.2, 0.25) is 5.91 Å². The van der Waals surface area contributed by atoms with Gasteiger partial charge < -0.3 is 15.5 Å². The Hall–Kier alpha value is -2.18. The van der Waals surface area contributed by atoms with Gasteiger partial charge >= 0.3 is 0 Å². The van der Waals surface area contributed by atoms with Crippen molar-refractivity contribution in [2.45, 2.75) is 25.8 Å². The fraction of sp³-hybridized carbons (Fsp3) is 0.400. The van der Waals surface area contributed by atoms with Gasteiger partial charge in [0.15, 0.2) is 6.54 Å². The van der Waals surface area contributed by atoms with Gasteiger partial charge in [-0.25, -0.2) is 0 Å². The molecule has 0 saturated heterocycles. The lowest BCUT2D eigenvalue weighted by Crippen LogP contribution is -2.87. The second kappa shape index (κ2) is 10.1. The Morgan fingerprint density at radius 1 is 1.19 bits per heavy atom. The van der Waals surface area contributed by atoms with Crippen LogP contribution in [0.15, 0.2) is 41.8 Å². The third-order valence-electron chi connectivity index (χ3n) is 4.20. The van der Waals surface area contributed by atoms with E-state index >= 15 is 0 Å². The van der Waals surface area contributed by atoms with Crippen LogP contribution >= 0.6 is 11.3 Å². The quantitative estimate of drug-likeness (QED) is 0.700. The van der Waals surface area contributed by atoms with Crippen molar-refractivity contribution in [2.24, 2.45) is 0 Å². The lowest BCUT2D eigenvalue weighted by Gasteiger charge is -2.16. The van der Waals surface area contributed by atoms with Crippen molar-refractivity contribution in [3.8, 4) is 0 Å². The molecule has 0 aliphatic carbocycles. The summed E-state index contributed by atoms with van der Waals surface area (Å²) in [5.41, 5.74) is 2.52. The molecule has 0 radical (unpaired) electrons. The molecule has 0 saturated carbocycles. The summed E-state index contributed by atoms with van der Waals surface area (Å²) in [5.74, 6) is -0.246. The number of nitrogens with two attached hydrogens (primary N) is 1. The lowest BCUT2D eigenvalue weighted by atomic mass is 10.0. The molecule has 140 valence electrons. The van der Waals surface area contributed by atoms with Crippen LogP contribution in [0.5, 0.6) is 0 Å². The Labute approximate surface area is 159 Å². The van der Waals surface area contributed by atoms with E-state index in [4.69, 9.17) is 0 Å². The average Bonchev–Trinajstić information content (AvgIpc) is 3.15. The Bertz CT molecular complexity index is 696. The fourth-order valence-corrected chi connectivity index (χ4v) is 3.54. The SMILES string of the molecule is CCCc1ccc([C@@H]([NH2+]CC(=O)NCC(=O)N(C)C)c2cccs2)cc1. The van der Waals surface area contributed by atoms with Gasteiger partial charge in [0.25, 0.3) is 5.91 Å². The van der Waals surface area contributed by atoms with Gasteiger partial charge in [-0.2, -0.15) is 0 Å². The van der Waals surface area contributed by atoms with Crippen LogP contribution in [-0.4, -0.2) is 43.9 Å². The van der Waals surface area contributed by atoms with Crippen molar-refractivity contribution in [2.75, 3.05) is 27.2 Å². The number of carbonyl (C=O) groups excluding carboxylic acids is 2. The molecule has 3 N–H and O–H groups in total. The number of likely N-dealkylation sites (N-methyl/N-ethyl adjacent to an activating group) is 1. The van der Waals surface area contributed by atoms with Crippen LogP contribution in [0.4, 0.5) is 0 Å². The molecule has 0 unspecified atom stereocenters. The summed E-state index contributed by atoms with van der Waals surface area (Å²) in [7, 11) is 3.35. The van der Waals surface area contributed by atoms with Crippen molar-refractivity contribution in [3.05, 3.63) is 57.8 Å². The number of thiophene rings is 1. The molecule has 0 bridgehead atoms. The largest absolute Gasteiger partial charge is 0.347 e. The minimum absolute atomic E-state index is 0.0368. The van der Waals surface area contributed by atoms with Gasteiger partial charge in [-0.1, -0.05) is 43.7 Å². The summed E-state index contributed by atoms with van der Waals surface area (Å²) in [5, 5.41) is 6.76. The van der Waals surface area contributed by atoms with E-state index in [1.807, 2.05) is 11.4 Å². The van der Waals surface area contributed by atoms with Crippen LogP contribution in [0.1, 0.15) is 35.4 Å². The number of rotatable bonds is 9. The molecule has 5 nitrogen and oxygen atoms in total. The Kier molecular flexibility index (Phi) is 7.81. The maximum absolute atomic E-state index is 12.1. The molecule has 2 rings (SSSR count). The number of nitrogens with zero attached hydrogens (tertiary/aromatic N) is 1. The molecular weight excluding hydrogens is 346 g/mol. The smallest absolute Gasteiger partial charge is 0.275 e. The van der Waals surface area contributed by atoms with Crippen LogP contribution in [0.2, 0.25) is 0 Å². The van der Waals surface area contributed by atoms with Gasteiger partial charge in [0, 0.05) is 19.7 Å². The molecule has 1 aromatic carbocycles. The minimum atomic E-state index is -0.135. The van der Waals surface area contributed by atoms with Gasteiger partial charge in [0.05, 0.1) is 11.4 Å². The number of quaternary nitrogens is 1. The zero-order valence-corrected chi connectivity index (χ0v) is 16.5. The van der Waals surface area contributed by atoms with Crippen molar-refractivity contribution >= 4 is 23.2 Å². The first-order valence-corrected chi connectivity index (χ1v) is 9.81. The van der Waals surface area contributed by atoms with E-state index in [1.54, 1.807) is 25.4 Å².